The minimum atomic E-state index is -3.57. The first-order chi connectivity index (χ1) is 8.08. The highest BCUT2D eigenvalue weighted by molar-refractivity contribution is 7.89. The van der Waals surface area contributed by atoms with Crippen LogP contribution in [-0.4, -0.2) is 23.6 Å². The minimum Gasteiger partial charge on any atom is -0.285 e. The molecule has 0 fully saturated rings. The number of hydrogen-bond acceptors (Lipinski definition) is 4. The van der Waals surface area contributed by atoms with E-state index in [1.807, 2.05) is 0 Å². The zero-order valence-corrected chi connectivity index (χ0v) is 10.2. The van der Waals surface area contributed by atoms with Gasteiger partial charge in [-0.05, 0) is 12.1 Å². The van der Waals surface area contributed by atoms with Crippen LogP contribution in [0.25, 0.3) is 0 Å². The summed E-state index contributed by atoms with van der Waals surface area (Å²) < 4.78 is 26.1. The molecule has 0 aliphatic carbocycles. The third-order valence-corrected chi connectivity index (χ3v) is 3.64. The molecule has 0 radical (unpaired) electrons. The van der Waals surface area contributed by atoms with Gasteiger partial charge in [-0.2, -0.15) is 5.10 Å². The monoisotopic (exact) mass is 272 g/mol. The van der Waals surface area contributed by atoms with Crippen LogP contribution in [0.15, 0.2) is 35.6 Å². The van der Waals surface area contributed by atoms with Gasteiger partial charge in [-0.3, -0.25) is 5.10 Å². The first-order valence-corrected chi connectivity index (χ1v) is 6.53. The summed E-state index contributed by atoms with van der Waals surface area (Å²) >= 11 is 5.63. The predicted molar refractivity (Wildman–Crippen MR) is 61.9 cm³/mol. The van der Waals surface area contributed by atoms with E-state index in [1.54, 1.807) is 12.4 Å². The van der Waals surface area contributed by atoms with Crippen molar-refractivity contribution in [3.05, 3.63) is 41.4 Å². The van der Waals surface area contributed by atoms with Crippen molar-refractivity contribution >= 4 is 21.6 Å². The summed E-state index contributed by atoms with van der Waals surface area (Å²) in [5.74, 6) is 0. The maximum Gasteiger partial charge on any atom is 0.241 e. The van der Waals surface area contributed by atoms with Gasteiger partial charge in [0.05, 0.1) is 11.1 Å². The minimum absolute atomic E-state index is 0.0843. The summed E-state index contributed by atoms with van der Waals surface area (Å²) in [5, 5.41) is 6.45. The first kappa shape index (κ1) is 12.0. The second kappa shape index (κ2) is 4.82. The highest BCUT2D eigenvalue weighted by Crippen LogP contribution is 2.12. The lowest BCUT2D eigenvalue weighted by molar-refractivity contribution is 0.581. The van der Waals surface area contributed by atoms with Gasteiger partial charge in [-0.25, -0.2) is 18.1 Å². The van der Waals surface area contributed by atoms with Crippen LogP contribution in [-0.2, 0) is 16.6 Å². The van der Waals surface area contributed by atoms with Gasteiger partial charge >= 0.3 is 0 Å². The lowest BCUT2D eigenvalue weighted by atomic mass is 10.4. The van der Waals surface area contributed by atoms with Crippen LogP contribution in [0.1, 0.15) is 5.56 Å². The lowest BCUT2D eigenvalue weighted by Gasteiger charge is -2.05. The number of hydrogen-bond donors (Lipinski definition) is 2. The van der Waals surface area contributed by atoms with Crippen molar-refractivity contribution in [1.29, 1.82) is 0 Å². The van der Waals surface area contributed by atoms with Gasteiger partial charge in [0, 0.05) is 24.5 Å². The van der Waals surface area contributed by atoms with Crippen molar-refractivity contribution < 1.29 is 8.42 Å². The number of halogens is 1. The molecule has 0 atom stereocenters. The Kier molecular flexibility index (Phi) is 3.41. The SMILES string of the molecule is O=S(=O)(NCc1cn[nH]c1)c1ccnc(Cl)c1. The Morgan fingerprint density at radius 2 is 2.29 bits per heavy atom. The number of H-pyrrole nitrogens is 1. The molecule has 8 heteroatoms. The smallest absolute Gasteiger partial charge is 0.241 e. The van der Waals surface area contributed by atoms with Crippen molar-refractivity contribution in [1.82, 2.24) is 19.9 Å². The molecule has 2 heterocycles. The van der Waals surface area contributed by atoms with Crippen LogP contribution in [0.4, 0.5) is 0 Å². The van der Waals surface area contributed by atoms with Crippen molar-refractivity contribution in [3.8, 4) is 0 Å². The summed E-state index contributed by atoms with van der Waals surface area (Å²) in [7, 11) is -3.57. The number of pyridine rings is 1. The molecule has 0 aromatic carbocycles. The molecule has 2 aromatic heterocycles. The second-order valence-electron chi connectivity index (χ2n) is 3.25. The summed E-state index contributed by atoms with van der Waals surface area (Å²) in [6, 6.07) is 2.67. The van der Waals surface area contributed by atoms with E-state index in [1.165, 1.54) is 18.3 Å². The van der Waals surface area contributed by atoms with E-state index < -0.39 is 10.0 Å². The molecule has 90 valence electrons. The summed E-state index contributed by atoms with van der Waals surface area (Å²) in [5.41, 5.74) is 0.744. The number of nitrogens with one attached hydrogen (secondary N) is 2. The summed E-state index contributed by atoms with van der Waals surface area (Å²) in [6.45, 7) is 0.165. The molecule has 0 bridgehead atoms. The Hall–Kier alpha value is -1.44. The van der Waals surface area contributed by atoms with Gasteiger partial charge in [-0.1, -0.05) is 11.6 Å². The second-order valence-corrected chi connectivity index (χ2v) is 5.40. The number of sulfonamides is 1. The van der Waals surface area contributed by atoms with E-state index in [0.717, 1.165) is 5.56 Å². The van der Waals surface area contributed by atoms with Crippen LogP contribution in [0.3, 0.4) is 0 Å². The Balaban J connectivity index is 2.14. The number of aromatic nitrogens is 3. The van der Waals surface area contributed by atoms with E-state index in [2.05, 4.69) is 19.9 Å². The molecule has 0 aliphatic rings. The molecule has 0 spiro atoms. The van der Waals surface area contributed by atoms with Gasteiger partial charge in [-0.15, -0.1) is 0 Å². The van der Waals surface area contributed by atoms with Crippen LogP contribution in [0, 0.1) is 0 Å². The fraction of sp³-hybridized carbons (Fsp3) is 0.111. The highest BCUT2D eigenvalue weighted by atomic mass is 35.5. The van der Waals surface area contributed by atoms with Gasteiger partial charge in [0.2, 0.25) is 10.0 Å². The molecule has 17 heavy (non-hydrogen) atoms. The van der Waals surface area contributed by atoms with Crippen LogP contribution < -0.4 is 4.72 Å². The number of nitrogens with zero attached hydrogens (tertiary/aromatic N) is 2. The molecule has 6 nitrogen and oxygen atoms in total. The van der Waals surface area contributed by atoms with Crippen molar-refractivity contribution in [3.63, 3.8) is 0 Å². The normalized spacial score (nSPS) is 11.6. The molecule has 2 N–H and O–H groups in total. The Bertz CT molecular complexity index is 597. The van der Waals surface area contributed by atoms with Crippen molar-refractivity contribution in [2.75, 3.05) is 0 Å². The maximum atomic E-state index is 11.9. The van der Waals surface area contributed by atoms with Crippen LogP contribution in [0.5, 0.6) is 0 Å². The van der Waals surface area contributed by atoms with Gasteiger partial charge in [0.1, 0.15) is 5.15 Å². The molecular weight excluding hydrogens is 264 g/mol. The van der Waals surface area contributed by atoms with Crippen LogP contribution in [0.2, 0.25) is 5.15 Å². The zero-order chi connectivity index (χ0) is 12.3. The number of aromatic amines is 1. The lowest BCUT2D eigenvalue weighted by Crippen LogP contribution is -2.23. The topological polar surface area (TPSA) is 87.7 Å². The standard InChI is InChI=1S/C9H9ClN4O2S/c10-9-3-8(1-2-11-9)17(15,16)14-6-7-4-12-13-5-7/h1-5,14H,6H2,(H,12,13). The van der Waals surface area contributed by atoms with Crippen molar-refractivity contribution in [2.24, 2.45) is 0 Å². The average molecular weight is 273 g/mol. The highest BCUT2D eigenvalue weighted by Gasteiger charge is 2.14. The average Bonchev–Trinajstić information content (AvgIpc) is 2.79. The van der Waals surface area contributed by atoms with E-state index in [4.69, 9.17) is 11.6 Å². The molecule has 0 aliphatic heterocycles. The molecule has 0 saturated carbocycles. The largest absolute Gasteiger partial charge is 0.285 e. The van der Waals surface area contributed by atoms with E-state index in [0.29, 0.717) is 0 Å². The molecule has 2 rings (SSSR count). The third-order valence-electron chi connectivity index (χ3n) is 2.03. The molecule has 0 saturated heterocycles. The van der Waals surface area contributed by atoms with E-state index in [9.17, 15) is 8.42 Å². The van der Waals surface area contributed by atoms with E-state index in [-0.39, 0.29) is 16.6 Å². The van der Waals surface area contributed by atoms with Gasteiger partial charge < -0.3 is 0 Å². The third kappa shape index (κ3) is 3.02. The Morgan fingerprint density at radius 3 is 2.94 bits per heavy atom. The molecular formula is C9H9ClN4O2S. The Morgan fingerprint density at radius 1 is 1.47 bits per heavy atom. The fourth-order valence-electron chi connectivity index (χ4n) is 1.19. The fourth-order valence-corrected chi connectivity index (χ4v) is 2.46. The number of rotatable bonds is 4. The molecule has 2 aromatic rings. The zero-order valence-electron chi connectivity index (χ0n) is 8.59. The first-order valence-electron chi connectivity index (χ1n) is 4.67. The van der Waals surface area contributed by atoms with Crippen molar-refractivity contribution in [2.45, 2.75) is 11.4 Å². The predicted octanol–water partition coefficient (Wildman–Crippen LogP) is 0.937. The summed E-state index contributed by atoms with van der Waals surface area (Å²) in [6.07, 6.45) is 4.50. The van der Waals surface area contributed by atoms with E-state index >= 15 is 0 Å². The quantitative estimate of drug-likeness (QED) is 0.811. The van der Waals surface area contributed by atoms with Gasteiger partial charge in [0.25, 0.3) is 0 Å². The molecule has 0 unspecified atom stereocenters. The maximum absolute atomic E-state index is 11.9. The van der Waals surface area contributed by atoms with Crippen LogP contribution >= 0.6 is 11.6 Å². The molecule has 0 amide bonds. The van der Waals surface area contributed by atoms with Gasteiger partial charge in [0.15, 0.2) is 0 Å². The summed E-state index contributed by atoms with van der Waals surface area (Å²) in [4.78, 5) is 3.81. The Labute approximate surface area is 103 Å².